The summed E-state index contributed by atoms with van der Waals surface area (Å²) in [5.74, 6) is 0. The lowest BCUT2D eigenvalue weighted by molar-refractivity contribution is 0.339. The highest BCUT2D eigenvalue weighted by atomic mass is 32.1. The predicted molar refractivity (Wildman–Crippen MR) is 91.6 cm³/mol. The molecule has 11 heteroatoms. The molecule has 0 unspecified atom stereocenters. The van der Waals surface area contributed by atoms with E-state index in [9.17, 15) is 28.7 Å². The summed E-state index contributed by atoms with van der Waals surface area (Å²) < 4.78 is 24.5. The van der Waals surface area contributed by atoms with Crippen LogP contribution in [0.15, 0.2) is 34.6 Å². The van der Waals surface area contributed by atoms with Crippen molar-refractivity contribution in [3.05, 3.63) is 40.0 Å². The predicted octanol–water partition coefficient (Wildman–Crippen LogP) is 2.08. The van der Waals surface area contributed by atoms with Gasteiger partial charge in [0.2, 0.25) is 0 Å². The Balaban J connectivity index is 2.62. The van der Waals surface area contributed by atoms with Crippen molar-refractivity contribution in [2.24, 2.45) is 4.99 Å². The third-order valence-electron chi connectivity index (χ3n) is 3.29. The molecule has 24 heavy (non-hydrogen) atoms. The van der Waals surface area contributed by atoms with Crippen LogP contribution in [0.4, 0.5) is 0 Å². The minimum absolute atomic E-state index is 0.143. The first kappa shape index (κ1) is 19.3. The molecule has 0 radical (unpaired) electrons. The average molecular weight is 392 g/mol. The molecule has 1 heterocycles. The Labute approximate surface area is 142 Å². The van der Waals surface area contributed by atoms with Crippen LogP contribution in [0.5, 0.6) is 0 Å². The van der Waals surface area contributed by atoms with Crippen LogP contribution in [0, 0.1) is 6.92 Å². The maximum atomic E-state index is 11.4. The molecule has 0 atom stereocenters. The van der Waals surface area contributed by atoms with Crippen molar-refractivity contribution in [1.29, 1.82) is 0 Å². The Bertz CT molecular complexity index is 855. The summed E-state index contributed by atoms with van der Waals surface area (Å²) in [4.78, 5) is 40.7. The summed E-state index contributed by atoms with van der Waals surface area (Å²) in [6, 6.07) is 7.66. The minimum Gasteiger partial charge on any atom is -0.322 e. The zero-order chi connectivity index (χ0) is 18.1. The lowest BCUT2D eigenvalue weighted by atomic mass is 10.1. The number of rotatable bonds is 5. The number of aromatic nitrogens is 1. The Kier molecular flexibility index (Phi) is 5.67. The van der Waals surface area contributed by atoms with Crippen molar-refractivity contribution in [2.45, 2.75) is 25.9 Å². The molecular weight excluding hydrogens is 374 g/mol. The van der Waals surface area contributed by atoms with Crippen LogP contribution in [0.3, 0.4) is 0 Å². The van der Waals surface area contributed by atoms with E-state index in [1.165, 1.54) is 0 Å². The van der Waals surface area contributed by atoms with Gasteiger partial charge in [-0.2, -0.15) is 0 Å². The molecule has 0 aliphatic rings. The second-order valence-corrected chi connectivity index (χ2v) is 9.75. The van der Waals surface area contributed by atoms with Gasteiger partial charge in [-0.25, -0.2) is 4.99 Å². The maximum Gasteiger partial charge on any atom is 0.362 e. The Morgan fingerprint density at radius 2 is 1.67 bits per heavy atom. The molecule has 2 rings (SSSR count). The standard InChI is InChI=1S/C13H18N2O6P2S/c1-3-15-11(10-6-4-9(2)5-7-10)8-24-12(15)14-13(22(16,17)18)23(19,20)21/h4-8,13H,3H2,1-2H3,(H2,16,17,18)(H2,19,20,21)/b14-12-. The molecule has 1 aromatic heterocycles. The lowest BCUT2D eigenvalue weighted by Gasteiger charge is -2.15. The van der Waals surface area contributed by atoms with Crippen LogP contribution in [0.25, 0.3) is 11.3 Å². The van der Waals surface area contributed by atoms with Gasteiger partial charge in [0, 0.05) is 11.9 Å². The number of hydrogen-bond donors (Lipinski definition) is 4. The first-order valence-electron chi connectivity index (χ1n) is 6.93. The molecule has 0 fully saturated rings. The van der Waals surface area contributed by atoms with Crippen LogP contribution >= 0.6 is 26.5 Å². The van der Waals surface area contributed by atoms with Gasteiger partial charge in [0.15, 0.2) is 4.80 Å². The van der Waals surface area contributed by atoms with Crippen molar-refractivity contribution in [3.63, 3.8) is 0 Å². The molecule has 0 spiro atoms. The topological polar surface area (TPSA) is 132 Å². The minimum atomic E-state index is -5.10. The highest BCUT2D eigenvalue weighted by molar-refractivity contribution is 7.70. The lowest BCUT2D eigenvalue weighted by Crippen LogP contribution is -2.19. The van der Waals surface area contributed by atoms with Gasteiger partial charge in [-0.1, -0.05) is 29.8 Å². The molecule has 1 aromatic carbocycles. The monoisotopic (exact) mass is 392 g/mol. The molecule has 132 valence electrons. The first-order valence-corrected chi connectivity index (χ1v) is 11.2. The van der Waals surface area contributed by atoms with Crippen molar-refractivity contribution in [1.82, 2.24) is 4.57 Å². The van der Waals surface area contributed by atoms with Crippen LogP contribution in [0.2, 0.25) is 0 Å². The fourth-order valence-corrected chi connectivity index (χ4v) is 5.38. The van der Waals surface area contributed by atoms with E-state index in [1.807, 2.05) is 38.1 Å². The first-order chi connectivity index (χ1) is 11.0. The van der Waals surface area contributed by atoms with Gasteiger partial charge in [0.25, 0.3) is 5.52 Å². The van der Waals surface area contributed by atoms with Gasteiger partial charge in [-0.05, 0) is 19.4 Å². The SMILES string of the molecule is CCn1c(-c2ccc(C)cc2)cs/c1=N\C(P(=O)(O)O)P(=O)(O)O. The summed E-state index contributed by atoms with van der Waals surface area (Å²) in [7, 11) is -10.2. The van der Waals surface area contributed by atoms with Gasteiger partial charge in [0.05, 0.1) is 5.69 Å². The van der Waals surface area contributed by atoms with Crippen LogP contribution < -0.4 is 4.80 Å². The molecular formula is C13H18N2O6P2S. The third kappa shape index (κ3) is 4.32. The molecule has 0 amide bonds. The van der Waals surface area contributed by atoms with Crippen molar-refractivity contribution < 1.29 is 28.7 Å². The van der Waals surface area contributed by atoms with E-state index < -0.39 is 20.7 Å². The largest absolute Gasteiger partial charge is 0.362 e. The summed E-state index contributed by atoms with van der Waals surface area (Å²) in [6.07, 6.45) is 0. The molecule has 0 bridgehead atoms. The molecule has 0 aliphatic heterocycles. The van der Waals surface area contributed by atoms with Crippen LogP contribution in [-0.4, -0.2) is 29.7 Å². The van der Waals surface area contributed by atoms with Crippen molar-refractivity contribution in [2.75, 3.05) is 0 Å². The van der Waals surface area contributed by atoms with E-state index in [-0.39, 0.29) is 4.80 Å². The fourth-order valence-electron chi connectivity index (χ4n) is 2.14. The fraction of sp³-hybridized carbons (Fsp3) is 0.308. The van der Waals surface area contributed by atoms with Crippen LogP contribution in [-0.2, 0) is 15.7 Å². The van der Waals surface area contributed by atoms with Gasteiger partial charge in [0.1, 0.15) is 0 Å². The van der Waals surface area contributed by atoms with Gasteiger partial charge < -0.3 is 24.1 Å². The summed E-state index contributed by atoms with van der Waals surface area (Å²) in [5, 5.41) is 1.74. The van der Waals surface area contributed by atoms with E-state index in [0.717, 1.165) is 28.2 Å². The van der Waals surface area contributed by atoms with Gasteiger partial charge in [-0.15, -0.1) is 11.3 Å². The van der Waals surface area contributed by atoms with E-state index >= 15 is 0 Å². The maximum absolute atomic E-state index is 11.4. The Morgan fingerprint density at radius 3 is 2.12 bits per heavy atom. The number of thiazole rings is 1. The molecule has 0 aliphatic carbocycles. The van der Waals surface area contributed by atoms with E-state index in [0.29, 0.717) is 6.54 Å². The van der Waals surface area contributed by atoms with E-state index in [2.05, 4.69) is 4.99 Å². The molecule has 0 saturated carbocycles. The Hall–Kier alpha value is -1.05. The number of hydrogen-bond acceptors (Lipinski definition) is 4. The molecule has 0 saturated heterocycles. The Morgan fingerprint density at radius 1 is 1.12 bits per heavy atom. The van der Waals surface area contributed by atoms with Crippen molar-refractivity contribution >= 4 is 26.5 Å². The highest BCUT2D eigenvalue weighted by Crippen LogP contribution is 2.60. The second kappa shape index (κ2) is 7.06. The van der Waals surface area contributed by atoms with Crippen molar-refractivity contribution in [3.8, 4) is 11.3 Å². The number of benzene rings is 1. The zero-order valence-electron chi connectivity index (χ0n) is 13.0. The summed E-state index contributed by atoms with van der Waals surface area (Å²) >= 11 is 1.07. The van der Waals surface area contributed by atoms with E-state index in [1.54, 1.807) is 9.95 Å². The quantitative estimate of drug-likeness (QED) is 0.576. The highest BCUT2D eigenvalue weighted by Gasteiger charge is 2.43. The van der Waals surface area contributed by atoms with Crippen LogP contribution in [0.1, 0.15) is 12.5 Å². The van der Waals surface area contributed by atoms with Gasteiger partial charge in [-0.3, -0.25) is 9.13 Å². The smallest absolute Gasteiger partial charge is 0.322 e. The number of aryl methyl sites for hydroxylation is 1. The normalized spacial score (nSPS) is 13.7. The zero-order valence-corrected chi connectivity index (χ0v) is 15.6. The third-order valence-corrected chi connectivity index (χ3v) is 7.41. The molecule has 2 aromatic rings. The molecule has 4 N–H and O–H groups in total. The second-order valence-electron chi connectivity index (χ2n) is 5.17. The van der Waals surface area contributed by atoms with E-state index in [4.69, 9.17) is 0 Å². The molecule has 8 nitrogen and oxygen atoms in total. The summed E-state index contributed by atoms with van der Waals surface area (Å²) in [6.45, 7) is 4.20. The summed E-state index contributed by atoms with van der Waals surface area (Å²) in [5.41, 5.74) is 0.331. The average Bonchev–Trinajstić information content (AvgIpc) is 2.86. The number of nitrogens with zero attached hydrogens (tertiary/aromatic N) is 2. The van der Waals surface area contributed by atoms with Gasteiger partial charge >= 0.3 is 15.2 Å².